The van der Waals surface area contributed by atoms with E-state index < -0.39 is 17.5 Å². The fourth-order valence-corrected chi connectivity index (χ4v) is 3.94. The number of anilines is 4. The van der Waals surface area contributed by atoms with Crippen molar-refractivity contribution in [1.82, 2.24) is 5.32 Å². The van der Waals surface area contributed by atoms with Gasteiger partial charge in [-0.25, -0.2) is 4.79 Å². The van der Waals surface area contributed by atoms with Gasteiger partial charge in [-0.3, -0.25) is 9.59 Å². The third kappa shape index (κ3) is 5.51. The number of nitrogens with zero attached hydrogens (tertiary/aromatic N) is 2. The normalized spacial score (nSPS) is 15.7. The Kier molecular flexibility index (Phi) is 6.87. The number of para-hydroxylation sites is 4. The number of carbonyl (C=O) groups excluding carboxylic acids is 3. The molecule has 0 aliphatic carbocycles. The van der Waals surface area contributed by atoms with Gasteiger partial charge >= 0.3 is 6.03 Å². The van der Waals surface area contributed by atoms with Crippen molar-refractivity contribution in [3.05, 3.63) is 84.9 Å². The van der Waals surface area contributed by atoms with E-state index in [0.717, 1.165) is 11.4 Å². The van der Waals surface area contributed by atoms with Gasteiger partial charge in [-0.2, -0.15) is 0 Å². The first-order valence-electron chi connectivity index (χ1n) is 11.6. The van der Waals surface area contributed by atoms with Crippen molar-refractivity contribution in [2.75, 3.05) is 28.2 Å². The standard InChI is InChI=1S/C28H30N4O3/c1-28(2,3)25(33)19-32-24-17-11-10-16-23(24)31(21-14-8-5-9-15-21)18-22(26(32)34)30-27(35)29-20-12-6-4-7-13-20/h4-17,22H,18-19H2,1-3H3,(H2,29,30,35). The molecule has 7 heteroatoms. The minimum atomic E-state index is -0.890. The minimum absolute atomic E-state index is 0.0682. The van der Waals surface area contributed by atoms with E-state index in [0.29, 0.717) is 11.4 Å². The van der Waals surface area contributed by atoms with Gasteiger partial charge in [-0.1, -0.05) is 69.3 Å². The van der Waals surface area contributed by atoms with Gasteiger partial charge in [-0.15, -0.1) is 0 Å². The van der Waals surface area contributed by atoms with Crippen molar-refractivity contribution in [3.8, 4) is 0 Å². The Hall–Kier alpha value is -4.13. The highest BCUT2D eigenvalue weighted by Gasteiger charge is 2.37. The topological polar surface area (TPSA) is 81.8 Å². The summed E-state index contributed by atoms with van der Waals surface area (Å²) >= 11 is 0. The Bertz CT molecular complexity index is 1210. The van der Waals surface area contributed by atoms with E-state index in [-0.39, 0.29) is 24.8 Å². The predicted octanol–water partition coefficient (Wildman–Crippen LogP) is 4.98. The summed E-state index contributed by atoms with van der Waals surface area (Å²) < 4.78 is 0. The molecule has 0 saturated carbocycles. The van der Waals surface area contributed by atoms with Crippen LogP contribution in [0.3, 0.4) is 0 Å². The molecule has 3 amide bonds. The quantitative estimate of drug-likeness (QED) is 0.551. The van der Waals surface area contributed by atoms with E-state index in [4.69, 9.17) is 0 Å². The molecule has 0 fully saturated rings. The van der Waals surface area contributed by atoms with Gasteiger partial charge in [0.2, 0.25) is 0 Å². The number of hydrogen-bond acceptors (Lipinski definition) is 4. The van der Waals surface area contributed by atoms with Gasteiger partial charge < -0.3 is 20.4 Å². The molecule has 1 aliphatic heterocycles. The van der Waals surface area contributed by atoms with Crippen LogP contribution in [0.4, 0.5) is 27.5 Å². The number of nitrogens with one attached hydrogen (secondary N) is 2. The number of benzene rings is 3. The Morgan fingerprint density at radius 1 is 0.857 bits per heavy atom. The molecule has 1 atom stereocenters. The van der Waals surface area contributed by atoms with Crippen LogP contribution in [0.2, 0.25) is 0 Å². The fraction of sp³-hybridized carbons (Fsp3) is 0.250. The third-order valence-electron chi connectivity index (χ3n) is 5.94. The average molecular weight is 471 g/mol. The maximum Gasteiger partial charge on any atom is 0.319 e. The number of rotatable bonds is 5. The van der Waals surface area contributed by atoms with Gasteiger partial charge in [0.25, 0.3) is 5.91 Å². The molecule has 4 rings (SSSR count). The van der Waals surface area contributed by atoms with Gasteiger partial charge in [0.1, 0.15) is 6.04 Å². The predicted molar refractivity (Wildman–Crippen MR) is 139 cm³/mol. The number of Topliss-reactive ketones (excluding diaryl/α,β-unsaturated/α-hetero) is 1. The van der Waals surface area contributed by atoms with Crippen LogP contribution >= 0.6 is 0 Å². The highest BCUT2D eigenvalue weighted by molar-refractivity contribution is 6.08. The first-order valence-corrected chi connectivity index (χ1v) is 11.6. The number of amides is 3. The number of fused-ring (bicyclic) bond motifs is 1. The maximum absolute atomic E-state index is 13.8. The van der Waals surface area contributed by atoms with E-state index in [1.807, 2.05) is 98.5 Å². The zero-order valence-corrected chi connectivity index (χ0v) is 20.2. The number of carbonyl (C=O) groups is 3. The van der Waals surface area contributed by atoms with Crippen molar-refractivity contribution >= 4 is 40.5 Å². The van der Waals surface area contributed by atoms with Gasteiger partial charge in [-0.05, 0) is 36.4 Å². The number of hydrogen-bond donors (Lipinski definition) is 2. The van der Waals surface area contributed by atoms with Crippen LogP contribution in [-0.2, 0) is 9.59 Å². The van der Waals surface area contributed by atoms with E-state index in [9.17, 15) is 14.4 Å². The van der Waals surface area contributed by atoms with Gasteiger partial charge in [0, 0.05) is 16.8 Å². The molecule has 3 aromatic rings. The van der Waals surface area contributed by atoms with Crippen molar-refractivity contribution in [2.24, 2.45) is 5.41 Å². The number of ketones is 1. The lowest BCUT2D eigenvalue weighted by atomic mass is 9.90. The maximum atomic E-state index is 13.8. The second kappa shape index (κ2) is 10.0. The lowest BCUT2D eigenvalue weighted by Crippen LogP contribution is -2.54. The summed E-state index contributed by atoms with van der Waals surface area (Å²) in [5.74, 6) is -0.405. The SMILES string of the molecule is CC(C)(C)C(=O)CN1C(=O)C(NC(=O)Nc2ccccc2)CN(c2ccccc2)c2ccccc21. The zero-order valence-electron chi connectivity index (χ0n) is 20.2. The molecule has 35 heavy (non-hydrogen) atoms. The summed E-state index contributed by atoms with van der Waals surface area (Å²) in [6.07, 6.45) is 0. The van der Waals surface area contributed by atoms with Gasteiger partial charge in [0.05, 0.1) is 24.5 Å². The van der Waals surface area contributed by atoms with Crippen molar-refractivity contribution in [2.45, 2.75) is 26.8 Å². The Balaban J connectivity index is 1.72. The fourth-order valence-electron chi connectivity index (χ4n) is 3.94. The molecular formula is C28H30N4O3. The van der Waals surface area contributed by atoms with Crippen molar-refractivity contribution in [3.63, 3.8) is 0 Å². The molecule has 180 valence electrons. The lowest BCUT2D eigenvalue weighted by Gasteiger charge is -2.28. The highest BCUT2D eigenvalue weighted by atomic mass is 16.2. The summed E-state index contributed by atoms with van der Waals surface area (Å²) in [6.45, 7) is 5.64. The van der Waals surface area contributed by atoms with Crippen LogP contribution in [0.25, 0.3) is 0 Å². The summed E-state index contributed by atoms with van der Waals surface area (Å²) in [5, 5.41) is 5.62. The molecule has 0 radical (unpaired) electrons. The van der Waals surface area contributed by atoms with Crippen LogP contribution in [0.5, 0.6) is 0 Å². The molecule has 1 aliphatic rings. The molecule has 1 heterocycles. The first kappa shape index (κ1) is 24.0. The lowest BCUT2D eigenvalue weighted by molar-refractivity contribution is -0.127. The van der Waals surface area contributed by atoms with Crippen molar-refractivity contribution < 1.29 is 14.4 Å². The minimum Gasteiger partial charge on any atom is -0.337 e. The van der Waals surface area contributed by atoms with Crippen molar-refractivity contribution in [1.29, 1.82) is 0 Å². The van der Waals surface area contributed by atoms with E-state index in [2.05, 4.69) is 10.6 Å². The summed E-state index contributed by atoms with van der Waals surface area (Å²) in [5.41, 5.74) is 2.31. The summed E-state index contributed by atoms with van der Waals surface area (Å²) in [4.78, 5) is 43.2. The Morgan fingerprint density at radius 3 is 2.06 bits per heavy atom. The highest BCUT2D eigenvalue weighted by Crippen LogP contribution is 2.37. The molecule has 1 unspecified atom stereocenters. The number of urea groups is 1. The smallest absolute Gasteiger partial charge is 0.319 e. The van der Waals surface area contributed by atoms with Crippen LogP contribution < -0.4 is 20.4 Å². The summed E-state index contributed by atoms with van der Waals surface area (Å²) in [7, 11) is 0. The summed E-state index contributed by atoms with van der Waals surface area (Å²) in [6, 6.07) is 24.9. The van der Waals surface area contributed by atoms with E-state index in [1.165, 1.54) is 4.90 Å². The molecule has 0 saturated heterocycles. The molecule has 0 spiro atoms. The average Bonchev–Trinajstić information content (AvgIpc) is 2.95. The second-order valence-corrected chi connectivity index (χ2v) is 9.55. The third-order valence-corrected chi connectivity index (χ3v) is 5.94. The Morgan fingerprint density at radius 2 is 1.43 bits per heavy atom. The Labute approximate surface area is 205 Å². The molecule has 0 aromatic heterocycles. The van der Waals surface area contributed by atoms with Crippen LogP contribution in [0, 0.1) is 5.41 Å². The molecular weight excluding hydrogens is 440 g/mol. The van der Waals surface area contributed by atoms with Crippen LogP contribution in [-0.4, -0.2) is 36.9 Å². The van der Waals surface area contributed by atoms with Crippen LogP contribution in [0.1, 0.15) is 20.8 Å². The molecule has 3 aromatic carbocycles. The largest absolute Gasteiger partial charge is 0.337 e. The van der Waals surface area contributed by atoms with E-state index >= 15 is 0 Å². The van der Waals surface area contributed by atoms with Crippen LogP contribution in [0.15, 0.2) is 84.9 Å². The van der Waals surface area contributed by atoms with E-state index in [1.54, 1.807) is 12.1 Å². The monoisotopic (exact) mass is 470 g/mol. The zero-order chi connectivity index (χ0) is 25.0. The first-order chi connectivity index (χ1) is 16.7. The molecule has 0 bridgehead atoms. The molecule has 2 N–H and O–H groups in total. The van der Waals surface area contributed by atoms with Gasteiger partial charge in [0.15, 0.2) is 5.78 Å². The molecule has 7 nitrogen and oxygen atoms in total. The second-order valence-electron chi connectivity index (χ2n) is 9.55.